The molecule has 0 amide bonds. The van der Waals surface area contributed by atoms with Crippen LogP contribution < -0.4 is 5.73 Å². The van der Waals surface area contributed by atoms with Gasteiger partial charge >= 0.3 is 0 Å². The van der Waals surface area contributed by atoms with Crippen LogP contribution >= 0.6 is 27.5 Å². The highest BCUT2D eigenvalue weighted by atomic mass is 79.9. The zero-order valence-electron chi connectivity index (χ0n) is 11.1. The average Bonchev–Trinajstić information content (AvgIpc) is 2.72. The number of nitrogens with zero attached hydrogens (tertiary/aromatic N) is 1. The lowest BCUT2D eigenvalue weighted by atomic mass is 9.93. The molecule has 1 aromatic carbocycles. The number of rotatable bonds is 2. The molecule has 0 radical (unpaired) electrons. The molecule has 1 heterocycles. The molecule has 0 saturated carbocycles. The first-order chi connectivity index (χ1) is 9.06. The number of hydrogen-bond acceptors (Lipinski definition) is 3. The minimum absolute atomic E-state index is 0.0703. The summed E-state index contributed by atoms with van der Waals surface area (Å²) in [5.41, 5.74) is 5.13. The number of nitrogen functional groups attached to an aromatic ring is 1. The van der Waals surface area contributed by atoms with Crippen molar-refractivity contribution in [2.24, 2.45) is 5.41 Å². The van der Waals surface area contributed by atoms with Crippen LogP contribution in [0.2, 0.25) is 5.02 Å². The van der Waals surface area contributed by atoms with Gasteiger partial charge < -0.3 is 5.73 Å². The summed E-state index contributed by atoms with van der Waals surface area (Å²) in [5.74, 6) is -0.967. The first-order valence-corrected chi connectivity index (χ1v) is 8.60. The fraction of sp³-hybridized carbons (Fsp3) is 0.500. The van der Waals surface area contributed by atoms with Crippen LogP contribution in [0.3, 0.4) is 0 Å². The van der Waals surface area contributed by atoms with E-state index < -0.39 is 20.7 Å². The lowest BCUT2D eigenvalue weighted by Gasteiger charge is -2.20. The maximum absolute atomic E-state index is 14.2. The standard InChI is InChI=1S/C12H15BrClFN2O2S/c1-12(2)3-4-17(6-12)20(18,19)8-5-7(14)9(13)11(16)10(8)15/h5H,3-4,6,16H2,1-2H3. The molecule has 0 aromatic heterocycles. The lowest BCUT2D eigenvalue weighted by Crippen LogP contribution is -2.31. The molecule has 1 saturated heterocycles. The van der Waals surface area contributed by atoms with Crippen molar-refractivity contribution in [1.82, 2.24) is 4.31 Å². The third kappa shape index (κ3) is 2.68. The van der Waals surface area contributed by atoms with Crippen molar-refractivity contribution in [3.63, 3.8) is 0 Å². The van der Waals surface area contributed by atoms with Gasteiger partial charge in [-0.2, -0.15) is 4.31 Å². The van der Waals surface area contributed by atoms with Crippen molar-refractivity contribution in [3.05, 3.63) is 21.4 Å². The zero-order valence-corrected chi connectivity index (χ0v) is 14.2. The Balaban J connectivity index is 2.51. The molecule has 2 N–H and O–H groups in total. The van der Waals surface area contributed by atoms with E-state index in [9.17, 15) is 12.8 Å². The number of benzene rings is 1. The zero-order chi connectivity index (χ0) is 15.3. The summed E-state index contributed by atoms with van der Waals surface area (Å²) < 4.78 is 40.6. The van der Waals surface area contributed by atoms with Crippen LogP contribution in [0.5, 0.6) is 0 Å². The highest BCUT2D eigenvalue weighted by Crippen LogP contribution is 2.38. The quantitative estimate of drug-likeness (QED) is 0.628. The molecule has 20 heavy (non-hydrogen) atoms. The van der Waals surface area contributed by atoms with Gasteiger partial charge in [-0.15, -0.1) is 0 Å². The van der Waals surface area contributed by atoms with E-state index in [0.29, 0.717) is 13.1 Å². The van der Waals surface area contributed by atoms with Gasteiger partial charge in [0.2, 0.25) is 10.0 Å². The molecule has 8 heteroatoms. The molecule has 0 bridgehead atoms. The van der Waals surface area contributed by atoms with E-state index in [2.05, 4.69) is 15.9 Å². The molecule has 0 unspecified atom stereocenters. The lowest BCUT2D eigenvalue weighted by molar-refractivity contribution is 0.374. The van der Waals surface area contributed by atoms with Gasteiger partial charge in [-0.1, -0.05) is 25.4 Å². The van der Waals surface area contributed by atoms with Gasteiger partial charge in [0.25, 0.3) is 0 Å². The fourth-order valence-electron chi connectivity index (χ4n) is 2.19. The normalized spacial score (nSPS) is 19.4. The monoisotopic (exact) mass is 384 g/mol. The first-order valence-electron chi connectivity index (χ1n) is 5.99. The molecular weight excluding hydrogens is 371 g/mol. The van der Waals surface area contributed by atoms with Gasteiger partial charge in [-0.25, -0.2) is 12.8 Å². The van der Waals surface area contributed by atoms with Crippen LogP contribution in [0.15, 0.2) is 15.4 Å². The number of anilines is 1. The van der Waals surface area contributed by atoms with E-state index in [1.807, 2.05) is 13.8 Å². The van der Waals surface area contributed by atoms with Crippen LogP contribution in [0, 0.1) is 11.2 Å². The van der Waals surface area contributed by atoms with E-state index in [1.165, 1.54) is 4.31 Å². The average molecular weight is 386 g/mol. The van der Waals surface area contributed by atoms with Crippen molar-refractivity contribution in [3.8, 4) is 0 Å². The summed E-state index contributed by atoms with van der Waals surface area (Å²) in [5, 5.41) is 0.0703. The second kappa shape index (κ2) is 5.12. The van der Waals surface area contributed by atoms with E-state index in [0.717, 1.165) is 12.5 Å². The SMILES string of the molecule is CC1(C)CCN(S(=O)(=O)c2cc(Cl)c(Br)c(N)c2F)C1. The minimum Gasteiger partial charge on any atom is -0.395 e. The molecule has 1 aliphatic rings. The summed E-state index contributed by atoms with van der Waals surface area (Å²) in [6.07, 6.45) is 0.730. The van der Waals surface area contributed by atoms with Crippen LogP contribution in [0.25, 0.3) is 0 Å². The minimum atomic E-state index is -3.93. The Bertz CT molecular complexity index is 664. The Morgan fingerprint density at radius 3 is 2.60 bits per heavy atom. The van der Waals surface area contributed by atoms with Crippen molar-refractivity contribution >= 4 is 43.2 Å². The van der Waals surface area contributed by atoms with E-state index >= 15 is 0 Å². The topological polar surface area (TPSA) is 63.4 Å². The predicted octanol–water partition coefficient (Wildman–Crippen LogP) is 3.24. The second-order valence-electron chi connectivity index (χ2n) is 5.65. The highest BCUT2D eigenvalue weighted by Gasteiger charge is 2.38. The molecule has 0 spiro atoms. The van der Waals surface area contributed by atoms with Crippen LogP contribution in [-0.4, -0.2) is 25.8 Å². The number of sulfonamides is 1. The molecule has 4 nitrogen and oxygen atoms in total. The van der Waals surface area contributed by atoms with Crippen molar-refractivity contribution < 1.29 is 12.8 Å². The Labute approximate surface area is 131 Å². The molecule has 1 fully saturated rings. The maximum Gasteiger partial charge on any atom is 0.246 e. The largest absolute Gasteiger partial charge is 0.395 e. The van der Waals surface area contributed by atoms with Gasteiger partial charge in [0.1, 0.15) is 4.90 Å². The van der Waals surface area contributed by atoms with Gasteiger partial charge in [0, 0.05) is 13.1 Å². The van der Waals surface area contributed by atoms with Gasteiger partial charge in [-0.3, -0.25) is 0 Å². The molecule has 0 aliphatic carbocycles. The maximum atomic E-state index is 14.2. The Kier molecular flexibility index (Phi) is 4.10. The molecule has 0 atom stereocenters. The Morgan fingerprint density at radius 1 is 1.50 bits per heavy atom. The van der Waals surface area contributed by atoms with Crippen LogP contribution in [-0.2, 0) is 10.0 Å². The second-order valence-corrected chi connectivity index (χ2v) is 8.76. The third-order valence-corrected chi connectivity index (χ3v) is 6.64. The van der Waals surface area contributed by atoms with Gasteiger partial charge in [0.15, 0.2) is 5.82 Å². The number of nitrogens with two attached hydrogens (primary N) is 1. The van der Waals surface area contributed by atoms with E-state index in [1.54, 1.807) is 0 Å². The molecule has 1 aliphatic heterocycles. The molecule has 112 valence electrons. The number of halogens is 3. The Hall–Kier alpha value is -0.370. The molecule has 1 aromatic rings. The van der Waals surface area contributed by atoms with Crippen LogP contribution in [0.1, 0.15) is 20.3 Å². The van der Waals surface area contributed by atoms with Crippen molar-refractivity contribution in [2.45, 2.75) is 25.2 Å². The smallest absolute Gasteiger partial charge is 0.246 e. The highest BCUT2D eigenvalue weighted by molar-refractivity contribution is 9.10. The summed E-state index contributed by atoms with van der Waals surface area (Å²) >= 11 is 8.91. The molecule has 2 rings (SSSR count). The number of hydrogen-bond donors (Lipinski definition) is 1. The van der Waals surface area contributed by atoms with Crippen molar-refractivity contribution in [1.29, 1.82) is 0 Å². The third-order valence-electron chi connectivity index (χ3n) is 3.42. The first kappa shape index (κ1) is 16.0. The van der Waals surface area contributed by atoms with E-state index in [-0.39, 0.29) is 20.6 Å². The van der Waals surface area contributed by atoms with E-state index in [4.69, 9.17) is 17.3 Å². The fourth-order valence-corrected chi connectivity index (χ4v) is 4.49. The van der Waals surface area contributed by atoms with Crippen molar-refractivity contribution in [2.75, 3.05) is 18.8 Å². The predicted molar refractivity (Wildman–Crippen MR) is 80.7 cm³/mol. The summed E-state index contributed by atoms with van der Waals surface area (Å²) in [6.45, 7) is 4.66. The van der Waals surface area contributed by atoms with Gasteiger partial charge in [0.05, 0.1) is 15.2 Å². The van der Waals surface area contributed by atoms with Crippen LogP contribution in [0.4, 0.5) is 10.1 Å². The Morgan fingerprint density at radius 2 is 2.10 bits per heavy atom. The summed E-state index contributed by atoms with van der Waals surface area (Å²) in [6, 6.07) is 1.10. The molecular formula is C12H15BrClFN2O2S. The summed E-state index contributed by atoms with van der Waals surface area (Å²) in [4.78, 5) is -0.471. The summed E-state index contributed by atoms with van der Waals surface area (Å²) in [7, 11) is -3.93. The van der Waals surface area contributed by atoms with Gasteiger partial charge in [-0.05, 0) is 33.8 Å².